The van der Waals surface area contributed by atoms with Crippen molar-refractivity contribution < 1.29 is 34.8 Å². The molecule has 1 aliphatic rings. The first-order valence-corrected chi connectivity index (χ1v) is 6.15. The molecule has 0 aromatic rings. The van der Waals surface area contributed by atoms with Crippen LogP contribution in [0.15, 0.2) is 0 Å². The Bertz CT molecular complexity index is 324. The summed E-state index contributed by atoms with van der Waals surface area (Å²) < 4.78 is 2.63. The third-order valence-electron chi connectivity index (χ3n) is 2.37. The van der Waals surface area contributed by atoms with Gasteiger partial charge in [0.15, 0.2) is 0 Å². The minimum atomic E-state index is -2.28. The number of carbonyl (C=O) groups excluding carboxylic acids is 1. The lowest BCUT2D eigenvalue weighted by Crippen LogP contribution is -2.60. The minimum absolute atomic E-state index is 0.636. The molecule has 8 nitrogen and oxygen atoms in total. The summed E-state index contributed by atoms with van der Waals surface area (Å²) in [5.41, 5.74) is 1.71. The molecule has 0 aliphatic carbocycles. The number of hydroxylamine groups is 1. The number of amides is 1. The molecule has 1 fully saturated rings. The van der Waals surface area contributed by atoms with Crippen LogP contribution in [0, 0.1) is 0 Å². The maximum atomic E-state index is 11.2. The van der Waals surface area contributed by atoms with Gasteiger partial charge < -0.3 is 25.2 Å². The second kappa shape index (κ2) is 6.70. The Kier molecular flexibility index (Phi) is 6.05. The molecule has 0 unspecified atom stereocenters. The van der Waals surface area contributed by atoms with Crippen LogP contribution >= 0.6 is 34.8 Å². The summed E-state index contributed by atoms with van der Waals surface area (Å²) in [6.45, 7) is -0.636. The maximum Gasteiger partial charge on any atom is 0.295 e. The SMILES string of the molecule is O=C(NO[C@H]1O[C@H](CO)[C@H](O)[C@H](O)[C@H]1O)C(Cl)(Cl)Cl. The first-order chi connectivity index (χ1) is 8.68. The van der Waals surface area contributed by atoms with Crippen LogP contribution in [0.25, 0.3) is 0 Å². The van der Waals surface area contributed by atoms with E-state index in [0.29, 0.717) is 0 Å². The van der Waals surface area contributed by atoms with Crippen molar-refractivity contribution in [1.29, 1.82) is 0 Å². The standard InChI is InChI=1S/C8H12Cl3NO7/c9-8(10,11)7(17)12-19-6-5(16)4(15)3(14)2(1-13)18-6/h2-6,13-16H,1H2,(H,12,17)/t2-,3+,4+,5-,6-/m1/s1. The molecule has 0 saturated carbocycles. The average molecular weight is 341 g/mol. The Hall–Kier alpha value is 0.1000. The van der Waals surface area contributed by atoms with Crippen LogP contribution in [0.5, 0.6) is 0 Å². The maximum absolute atomic E-state index is 11.2. The predicted octanol–water partition coefficient (Wildman–Crippen LogP) is -1.80. The molecule has 1 heterocycles. The first-order valence-electron chi connectivity index (χ1n) is 5.01. The van der Waals surface area contributed by atoms with Crippen LogP contribution in [0.3, 0.4) is 0 Å². The molecule has 5 N–H and O–H groups in total. The van der Waals surface area contributed by atoms with Crippen molar-refractivity contribution in [3.63, 3.8) is 0 Å². The van der Waals surface area contributed by atoms with Crippen LogP contribution in [-0.2, 0) is 14.4 Å². The van der Waals surface area contributed by atoms with Gasteiger partial charge in [-0.05, 0) is 0 Å². The number of halogens is 3. The Morgan fingerprint density at radius 1 is 1.21 bits per heavy atom. The summed E-state index contributed by atoms with van der Waals surface area (Å²) in [5, 5.41) is 37.4. The summed E-state index contributed by atoms with van der Waals surface area (Å²) >= 11 is 15.8. The number of nitrogens with one attached hydrogen (secondary N) is 1. The first kappa shape index (κ1) is 17.2. The number of aliphatic hydroxyl groups excluding tert-OH is 4. The summed E-state index contributed by atoms with van der Waals surface area (Å²) in [6.07, 6.45) is -7.57. The molecule has 112 valence electrons. The van der Waals surface area contributed by atoms with Crippen molar-refractivity contribution in [2.24, 2.45) is 0 Å². The molecule has 0 spiro atoms. The van der Waals surface area contributed by atoms with Crippen molar-refractivity contribution in [2.75, 3.05) is 6.61 Å². The third kappa shape index (κ3) is 4.28. The molecular formula is C8H12Cl3NO7. The summed E-state index contributed by atoms with van der Waals surface area (Å²) in [7, 11) is 0. The van der Waals surface area contributed by atoms with Gasteiger partial charge >= 0.3 is 0 Å². The van der Waals surface area contributed by atoms with Crippen molar-refractivity contribution in [3.8, 4) is 0 Å². The number of carbonyl (C=O) groups is 1. The zero-order valence-electron chi connectivity index (χ0n) is 9.24. The normalized spacial score (nSPS) is 36.1. The molecule has 0 aromatic heterocycles. The largest absolute Gasteiger partial charge is 0.394 e. The fourth-order valence-corrected chi connectivity index (χ4v) is 1.45. The summed E-state index contributed by atoms with van der Waals surface area (Å²) in [5.74, 6) is -1.14. The van der Waals surface area contributed by atoms with Gasteiger partial charge in [0.25, 0.3) is 9.70 Å². The number of hydrogen-bond donors (Lipinski definition) is 5. The van der Waals surface area contributed by atoms with Gasteiger partial charge in [-0.25, -0.2) is 10.3 Å². The van der Waals surface area contributed by atoms with Crippen LogP contribution in [0.1, 0.15) is 0 Å². The van der Waals surface area contributed by atoms with E-state index in [1.165, 1.54) is 0 Å². The van der Waals surface area contributed by atoms with E-state index in [1.807, 2.05) is 0 Å². The number of rotatable bonds is 3. The second-order valence-corrected chi connectivity index (χ2v) is 6.03. The quantitative estimate of drug-likeness (QED) is 0.303. The smallest absolute Gasteiger partial charge is 0.295 e. The molecular weight excluding hydrogens is 328 g/mol. The van der Waals surface area contributed by atoms with E-state index in [2.05, 4.69) is 4.84 Å². The highest BCUT2D eigenvalue weighted by molar-refractivity contribution is 6.76. The zero-order chi connectivity index (χ0) is 14.8. The van der Waals surface area contributed by atoms with Crippen molar-refractivity contribution in [3.05, 3.63) is 0 Å². The molecule has 0 aromatic carbocycles. The molecule has 1 aliphatic heterocycles. The topological polar surface area (TPSA) is 128 Å². The van der Waals surface area contributed by atoms with Gasteiger partial charge in [-0.1, -0.05) is 34.8 Å². The van der Waals surface area contributed by atoms with Crippen molar-refractivity contribution in [2.45, 2.75) is 34.5 Å². The van der Waals surface area contributed by atoms with Crippen LogP contribution in [0.4, 0.5) is 0 Å². The number of aliphatic hydroxyl groups is 4. The number of ether oxygens (including phenoxy) is 1. The zero-order valence-corrected chi connectivity index (χ0v) is 11.5. The highest BCUT2D eigenvalue weighted by Gasteiger charge is 2.45. The summed E-state index contributed by atoms with van der Waals surface area (Å²) in [4.78, 5) is 15.8. The van der Waals surface area contributed by atoms with Gasteiger partial charge in [0.05, 0.1) is 6.61 Å². The number of hydrogen-bond acceptors (Lipinski definition) is 7. The van der Waals surface area contributed by atoms with Gasteiger partial charge in [-0.15, -0.1) is 0 Å². The van der Waals surface area contributed by atoms with Crippen molar-refractivity contribution in [1.82, 2.24) is 5.48 Å². The van der Waals surface area contributed by atoms with Gasteiger partial charge in [0.2, 0.25) is 6.29 Å². The minimum Gasteiger partial charge on any atom is -0.394 e. The predicted molar refractivity (Wildman–Crippen MR) is 63.3 cm³/mol. The van der Waals surface area contributed by atoms with Crippen LogP contribution in [0.2, 0.25) is 0 Å². The summed E-state index contributed by atoms with van der Waals surface area (Å²) in [6, 6.07) is 0. The fraction of sp³-hybridized carbons (Fsp3) is 0.875. The van der Waals surface area contributed by atoms with Crippen molar-refractivity contribution >= 4 is 40.7 Å². The van der Waals surface area contributed by atoms with Crippen LogP contribution in [-0.4, -0.2) is 67.4 Å². The third-order valence-corrected chi connectivity index (χ3v) is 2.89. The fourth-order valence-electron chi connectivity index (χ4n) is 1.33. The van der Waals surface area contributed by atoms with Gasteiger partial charge in [-0.3, -0.25) is 4.79 Å². The second-order valence-electron chi connectivity index (χ2n) is 3.74. The van der Waals surface area contributed by atoms with Gasteiger partial charge in [0, 0.05) is 0 Å². The highest BCUT2D eigenvalue weighted by Crippen LogP contribution is 2.26. The van der Waals surface area contributed by atoms with Gasteiger partial charge in [-0.2, -0.15) is 0 Å². The average Bonchev–Trinajstić information content (AvgIpc) is 2.33. The molecule has 1 rings (SSSR count). The monoisotopic (exact) mass is 339 g/mol. The molecule has 5 atom stereocenters. The molecule has 19 heavy (non-hydrogen) atoms. The molecule has 11 heteroatoms. The Morgan fingerprint density at radius 2 is 1.79 bits per heavy atom. The van der Waals surface area contributed by atoms with Crippen LogP contribution < -0.4 is 5.48 Å². The van der Waals surface area contributed by atoms with E-state index in [9.17, 15) is 20.1 Å². The Balaban J connectivity index is 2.60. The van der Waals surface area contributed by atoms with E-state index in [-0.39, 0.29) is 0 Å². The molecule has 1 saturated heterocycles. The molecule has 0 bridgehead atoms. The van der Waals surface area contributed by atoms with Gasteiger partial charge in [0.1, 0.15) is 24.4 Å². The van der Waals surface area contributed by atoms with E-state index >= 15 is 0 Å². The molecule has 1 amide bonds. The lowest BCUT2D eigenvalue weighted by Gasteiger charge is -2.39. The molecule has 0 radical (unpaired) electrons. The van der Waals surface area contributed by atoms with E-state index in [0.717, 1.165) is 0 Å². The Labute approximate surface area is 122 Å². The van der Waals surface area contributed by atoms with E-state index in [1.54, 1.807) is 5.48 Å². The lowest BCUT2D eigenvalue weighted by atomic mass is 9.99. The number of alkyl halides is 3. The van der Waals surface area contributed by atoms with E-state index < -0.39 is 47.0 Å². The lowest BCUT2D eigenvalue weighted by molar-refractivity contribution is -0.313. The highest BCUT2D eigenvalue weighted by atomic mass is 35.6. The Morgan fingerprint density at radius 3 is 2.26 bits per heavy atom. The van der Waals surface area contributed by atoms with E-state index in [4.69, 9.17) is 44.6 Å².